The first-order chi connectivity index (χ1) is 18.3. The Morgan fingerprint density at radius 2 is 1.89 bits per heavy atom. The van der Waals surface area contributed by atoms with Crippen molar-refractivity contribution in [3.63, 3.8) is 0 Å². The largest absolute Gasteiger partial charge is 0.393 e. The van der Waals surface area contributed by atoms with E-state index in [-0.39, 0.29) is 30.1 Å². The van der Waals surface area contributed by atoms with Gasteiger partial charge < -0.3 is 24.7 Å². The smallest absolute Gasteiger partial charge is 0.272 e. The van der Waals surface area contributed by atoms with E-state index < -0.39 is 6.10 Å². The van der Waals surface area contributed by atoms with Crippen LogP contribution < -0.4 is 5.32 Å². The molecule has 2 N–H and O–H groups in total. The third kappa shape index (κ3) is 6.12. The number of rotatable bonds is 7. The summed E-state index contributed by atoms with van der Waals surface area (Å²) >= 11 is 7.44. The molecular weight excluding hydrogens is 528 g/mol. The molecule has 0 aliphatic carbocycles. The molecule has 10 nitrogen and oxygen atoms in total. The van der Waals surface area contributed by atoms with Crippen molar-refractivity contribution in [2.45, 2.75) is 64.3 Å². The molecule has 204 valence electrons. The summed E-state index contributed by atoms with van der Waals surface area (Å²) in [6.07, 6.45) is 2.41. The molecule has 0 aromatic carbocycles. The predicted molar refractivity (Wildman–Crippen MR) is 144 cm³/mol. The topological polar surface area (TPSA) is 117 Å². The van der Waals surface area contributed by atoms with Gasteiger partial charge in [-0.3, -0.25) is 14.3 Å². The zero-order valence-corrected chi connectivity index (χ0v) is 23.2. The maximum atomic E-state index is 13.5. The standard InChI is InChI=1S/C26H33ClN6O4S/c1-16(2)31-9-5-17(6-10-31)28-25(35)20-14-21(26(36)32-11-7-19(34)8-12-32)33(29-20)15-18-13-22(37-30-18)23-3-4-24(27)38-23/h3-4,13-14,16-17,19,34H,5-12,15H2,1-2H3,(H,28,35). The minimum atomic E-state index is -0.397. The fourth-order valence-corrected chi connectivity index (χ4v) is 5.96. The van der Waals surface area contributed by atoms with Gasteiger partial charge in [-0.1, -0.05) is 16.8 Å². The van der Waals surface area contributed by atoms with Gasteiger partial charge in [0.1, 0.15) is 11.4 Å². The summed E-state index contributed by atoms with van der Waals surface area (Å²) in [4.78, 5) is 31.6. The molecule has 2 fully saturated rings. The first-order valence-electron chi connectivity index (χ1n) is 13.1. The van der Waals surface area contributed by atoms with Gasteiger partial charge in [-0.25, -0.2) is 0 Å². The van der Waals surface area contributed by atoms with Gasteiger partial charge >= 0.3 is 0 Å². The molecule has 0 spiro atoms. The van der Waals surface area contributed by atoms with E-state index in [1.807, 2.05) is 6.07 Å². The van der Waals surface area contributed by atoms with E-state index in [0.29, 0.717) is 53.5 Å². The minimum absolute atomic E-state index is 0.0705. The van der Waals surface area contributed by atoms with Crippen LogP contribution in [0.4, 0.5) is 0 Å². The van der Waals surface area contributed by atoms with Crippen molar-refractivity contribution in [2.75, 3.05) is 26.2 Å². The number of aromatic nitrogens is 3. The molecule has 0 unspecified atom stereocenters. The van der Waals surface area contributed by atoms with E-state index >= 15 is 0 Å². The third-order valence-corrected chi connectivity index (χ3v) is 8.51. The Bertz CT molecular complexity index is 1270. The molecule has 3 aromatic heterocycles. The minimum Gasteiger partial charge on any atom is -0.393 e. The number of piperidine rings is 2. The summed E-state index contributed by atoms with van der Waals surface area (Å²) in [5.41, 5.74) is 1.08. The van der Waals surface area contributed by atoms with Crippen molar-refractivity contribution in [3.05, 3.63) is 45.7 Å². The third-order valence-electron chi connectivity index (χ3n) is 7.27. The van der Waals surface area contributed by atoms with Crippen molar-refractivity contribution >= 4 is 34.8 Å². The summed E-state index contributed by atoms with van der Waals surface area (Å²) in [5, 5.41) is 21.7. The van der Waals surface area contributed by atoms with Crippen LogP contribution >= 0.6 is 22.9 Å². The Balaban J connectivity index is 1.34. The lowest BCUT2D eigenvalue weighted by Gasteiger charge is -2.34. The highest BCUT2D eigenvalue weighted by Gasteiger charge is 2.29. The molecule has 2 amide bonds. The maximum Gasteiger partial charge on any atom is 0.272 e. The van der Waals surface area contributed by atoms with Gasteiger partial charge in [0.05, 0.1) is 21.9 Å². The van der Waals surface area contributed by atoms with Crippen molar-refractivity contribution < 1.29 is 19.2 Å². The van der Waals surface area contributed by atoms with Crippen LogP contribution in [0.1, 0.15) is 66.2 Å². The van der Waals surface area contributed by atoms with Gasteiger partial charge in [0.25, 0.3) is 11.8 Å². The van der Waals surface area contributed by atoms with Crippen molar-refractivity contribution in [1.29, 1.82) is 0 Å². The van der Waals surface area contributed by atoms with Gasteiger partial charge in [-0.2, -0.15) is 5.10 Å². The van der Waals surface area contributed by atoms with E-state index in [1.54, 1.807) is 23.1 Å². The molecule has 5 heterocycles. The lowest BCUT2D eigenvalue weighted by molar-refractivity contribution is 0.0536. The van der Waals surface area contributed by atoms with Crippen molar-refractivity contribution in [1.82, 2.24) is 30.1 Å². The summed E-state index contributed by atoms with van der Waals surface area (Å²) in [7, 11) is 0. The lowest BCUT2D eigenvalue weighted by Crippen LogP contribution is -2.46. The monoisotopic (exact) mass is 560 g/mol. The zero-order valence-electron chi connectivity index (χ0n) is 21.6. The van der Waals surface area contributed by atoms with Gasteiger partial charge in [0.2, 0.25) is 0 Å². The quantitative estimate of drug-likeness (QED) is 0.454. The molecule has 0 bridgehead atoms. The van der Waals surface area contributed by atoms with E-state index in [2.05, 4.69) is 34.3 Å². The van der Waals surface area contributed by atoms with Gasteiger partial charge in [-0.15, -0.1) is 11.3 Å². The number of halogens is 1. The normalized spacial score (nSPS) is 17.9. The lowest BCUT2D eigenvalue weighted by atomic mass is 10.0. The molecule has 38 heavy (non-hydrogen) atoms. The number of aliphatic hydroxyl groups is 1. The van der Waals surface area contributed by atoms with Crippen LogP contribution in [0.3, 0.4) is 0 Å². The second-order valence-electron chi connectivity index (χ2n) is 10.3. The highest BCUT2D eigenvalue weighted by atomic mass is 35.5. The van der Waals surface area contributed by atoms with Crippen LogP contribution in [0.25, 0.3) is 10.6 Å². The van der Waals surface area contributed by atoms with Gasteiger partial charge in [0.15, 0.2) is 11.5 Å². The number of aliphatic hydroxyl groups excluding tert-OH is 1. The van der Waals surface area contributed by atoms with E-state index in [9.17, 15) is 14.7 Å². The van der Waals surface area contributed by atoms with E-state index in [0.717, 1.165) is 30.8 Å². The number of carbonyl (C=O) groups excluding carboxylic acids is 2. The number of nitrogens with zero attached hydrogens (tertiary/aromatic N) is 5. The average molecular weight is 561 g/mol. The summed E-state index contributed by atoms with van der Waals surface area (Å²) in [6.45, 7) is 7.31. The number of thiophene rings is 1. The number of likely N-dealkylation sites (tertiary alicyclic amines) is 2. The predicted octanol–water partition coefficient (Wildman–Crippen LogP) is 3.50. The number of carbonyl (C=O) groups is 2. The molecular formula is C26H33ClN6O4S. The van der Waals surface area contributed by atoms with Crippen molar-refractivity contribution in [3.8, 4) is 10.6 Å². The molecule has 2 saturated heterocycles. The molecule has 12 heteroatoms. The fraction of sp³-hybridized carbons (Fsp3) is 0.538. The van der Waals surface area contributed by atoms with Crippen LogP contribution in [0, 0.1) is 0 Å². The van der Waals surface area contributed by atoms with Crippen molar-refractivity contribution in [2.24, 2.45) is 0 Å². The fourth-order valence-electron chi connectivity index (χ4n) is 4.97. The number of hydrogen-bond acceptors (Lipinski definition) is 8. The summed E-state index contributed by atoms with van der Waals surface area (Å²) < 4.78 is 7.67. The Kier molecular flexibility index (Phi) is 8.18. The highest BCUT2D eigenvalue weighted by Crippen LogP contribution is 2.31. The van der Waals surface area contributed by atoms with Gasteiger partial charge in [-0.05, 0) is 51.7 Å². The SMILES string of the molecule is CC(C)N1CCC(NC(=O)c2cc(C(=O)N3CCC(O)CC3)n(Cc3cc(-c4ccc(Cl)s4)on3)n2)CC1. The molecule has 0 saturated carbocycles. The van der Waals surface area contributed by atoms with E-state index in [4.69, 9.17) is 16.1 Å². The number of nitrogens with one attached hydrogen (secondary N) is 1. The number of amides is 2. The average Bonchev–Trinajstić information content (AvgIpc) is 3.65. The van der Waals surface area contributed by atoms with Crippen LogP contribution in [0.2, 0.25) is 4.34 Å². The molecule has 0 radical (unpaired) electrons. The van der Waals surface area contributed by atoms with E-state index in [1.165, 1.54) is 16.0 Å². The molecule has 3 aromatic rings. The number of hydrogen-bond donors (Lipinski definition) is 2. The molecule has 0 atom stereocenters. The zero-order chi connectivity index (χ0) is 26.8. The van der Waals surface area contributed by atoms with Crippen LogP contribution in [-0.2, 0) is 6.54 Å². The first-order valence-corrected chi connectivity index (χ1v) is 14.3. The summed E-state index contributed by atoms with van der Waals surface area (Å²) in [5.74, 6) is 0.0686. The maximum absolute atomic E-state index is 13.5. The first kappa shape index (κ1) is 26.9. The van der Waals surface area contributed by atoms with Gasteiger partial charge in [0, 0.05) is 50.4 Å². The Hall–Kier alpha value is -2.73. The highest BCUT2D eigenvalue weighted by molar-refractivity contribution is 7.19. The Morgan fingerprint density at radius 3 is 2.55 bits per heavy atom. The molecule has 5 rings (SSSR count). The van der Waals surface area contributed by atoms with Crippen LogP contribution in [-0.4, -0.2) is 86.0 Å². The summed E-state index contributed by atoms with van der Waals surface area (Å²) in [6, 6.07) is 7.56. The van der Waals surface area contributed by atoms with Crippen LogP contribution in [0.15, 0.2) is 28.8 Å². The Labute approximate surface area is 230 Å². The molecule has 2 aliphatic heterocycles. The second-order valence-corrected chi connectivity index (χ2v) is 12.0. The Morgan fingerprint density at radius 1 is 1.16 bits per heavy atom. The second kappa shape index (κ2) is 11.6. The van der Waals surface area contributed by atoms with Crippen LogP contribution in [0.5, 0.6) is 0 Å². The molecule has 2 aliphatic rings.